The van der Waals surface area contributed by atoms with E-state index < -0.39 is 11.8 Å². The number of carbonyl (C=O) groups is 1. The molecule has 1 aromatic rings. The minimum absolute atomic E-state index is 0.107. The molecule has 0 bridgehead atoms. The van der Waals surface area contributed by atoms with Gasteiger partial charge in [0.05, 0.1) is 12.1 Å². The highest BCUT2D eigenvalue weighted by molar-refractivity contribution is 6.35. The maximum absolute atomic E-state index is 13.2. The summed E-state index contributed by atoms with van der Waals surface area (Å²) in [5.74, 6) is -1.57. The van der Waals surface area contributed by atoms with Crippen molar-refractivity contribution in [1.82, 2.24) is 0 Å². The molecule has 0 unspecified atom stereocenters. The first-order chi connectivity index (χ1) is 8.49. The summed E-state index contributed by atoms with van der Waals surface area (Å²) in [6.45, 7) is 0. The van der Waals surface area contributed by atoms with Gasteiger partial charge in [-0.3, -0.25) is 0 Å². The lowest BCUT2D eigenvalue weighted by Gasteiger charge is -2.03. The number of ether oxygens (including phenoxy) is 1. The number of hydrogen-bond donors (Lipinski definition) is 0. The molecule has 1 aromatic carbocycles. The molecular formula is C10H6Cl2FN3O2. The van der Waals surface area contributed by atoms with E-state index in [0.29, 0.717) is 0 Å². The summed E-state index contributed by atoms with van der Waals surface area (Å²) in [4.78, 5) is 13.7. The highest BCUT2D eigenvalue weighted by Crippen LogP contribution is 2.26. The van der Waals surface area contributed by atoms with Crippen LogP contribution >= 0.6 is 23.2 Å². The van der Waals surface area contributed by atoms with Gasteiger partial charge in [-0.05, 0) is 29.3 Å². The van der Waals surface area contributed by atoms with Crippen molar-refractivity contribution < 1.29 is 13.9 Å². The molecule has 94 valence electrons. The first-order valence-electron chi connectivity index (χ1n) is 4.49. The van der Waals surface area contributed by atoms with Gasteiger partial charge in [-0.25, -0.2) is 9.18 Å². The molecule has 0 aliphatic carbocycles. The largest absolute Gasteiger partial charge is 0.466 e. The number of azide groups is 1. The quantitative estimate of drug-likeness (QED) is 0.211. The van der Waals surface area contributed by atoms with Crippen LogP contribution in [-0.2, 0) is 9.53 Å². The van der Waals surface area contributed by atoms with Gasteiger partial charge < -0.3 is 4.74 Å². The number of benzene rings is 1. The lowest BCUT2D eigenvalue weighted by Crippen LogP contribution is -2.02. The third-order valence-electron chi connectivity index (χ3n) is 1.88. The SMILES string of the molecule is COC(=O)C(=Cc1cc(F)c(Cl)cc1Cl)N=[N+]=[N-]. The fraction of sp³-hybridized carbons (Fsp3) is 0.100. The van der Waals surface area contributed by atoms with Crippen molar-refractivity contribution in [2.24, 2.45) is 5.11 Å². The van der Waals surface area contributed by atoms with Crippen LogP contribution in [0, 0.1) is 5.82 Å². The number of methoxy groups -OCH3 is 1. The zero-order chi connectivity index (χ0) is 13.7. The molecule has 0 saturated heterocycles. The molecule has 0 heterocycles. The van der Waals surface area contributed by atoms with Crippen LogP contribution in [0.25, 0.3) is 16.5 Å². The van der Waals surface area contributed by atoms with E-state index in [9.17, 15) is 9.18 Å². The Morgan fingerprint density at radius 3 is 2.72 bits per heavy atom. The second kappa shape index (κ2) is 6.26. The Morgan fingerprint density at radius 2 is 2.17 bits per heavy atom. The summed E-state index contributed by atoms with van der Waals surface area (Å²) in [6.07, 6.45) is 1.10. The molecule has 0 fully saturated rings. The monoisotopic (exact) mass is 289 g/mol. The van der Waals surface area contributed by atoms with Crippen LogP contribution < -0.4 is 0 Å². The van der Waals surface area contributed by atoms with Gasteiger partial charge in [0.15, 0.2) is 0 Å². The van der Waals surface area contributed by atoms with Gasteiger partial charge in [-0.2, -0.15) is 0 Å². The van der Waals surface area contributed by atoms with E-state index in [1.807, 2.05) is 0 Å². The summed E-state index contributed by atoms with van der Waals surface area (Å²) < 4.78 is 17.6. The summed E-state index contributed by atoms with van der Waals surface area (Å²) in [5.41, 5.74) is 8.11. The minimum Gasteiger partial charge on any atom is -0.466 e. The first-order valence-corrected chi connectivity index (χ1v) is 5.25. The van der Waals surface area contributed by atoms with Gasteiger partial charge in [0.25, 0.3) is 0 Å². The van der Waals surface area contributed by atoms with Crippen molar-refractivity contribution in [3.63, 3.8) is 0 Å². The summed E-state index contributed by atoms with van der Waals surface area (Å²) in [6, 6.07) is 2.19. The summed E-state index contributed by atoms with van der Waals surface area (Å²) in [5, 5.41) is 3.09. The van der Waals surface area contributed by atoms with Crippen LogP contribution in [-0.4, -0.2) is 13.1 Å². The van der Waals surface area contributed by atoms with E-state index in [1.165, 1.54) is 6.07 Å². The third-order valence-corrected chi connectivity index (χ3v) is 2.50. The average molecular weight is 290 g/mol. The average Bonchev–Trinajstić information content (AvgIpc) is 2.34. The zero-order valence-electron chi connectivity index (χ0n) is 9.02. The number of nitrogens with zero attached hydrogens (tertiary/aromatic N) is 3. The number of carbonyl (C=O) groups excluding carboxylic acids is 1. The molecule has 0 aromatic heterocycles. The molecule has 0 N–H and O–H groups in total. The zero-order valence-corrected chi connectivity index (χ0v) is 10.5. The molecular weight excluding hydrogens is 284 g/mol. The van der Waals surface area contributed by atoms with Crippen molar-refractivity contribution in [3.8, 4) is 0 Å². The van der Waals surface area contributed by atoms with Crippen molar-refractivity contribution in [2.45, 2.75) is 0 Å². The molecule has 1 rings (SSSR count). The maximum atomic E-state index is 13.2. The molecule has 0 atom stereocenters. The molecule has 0 saturated carbocycles. The normalized spacial score (nSPS) is 10.8. The maximum Gasteiger partial charge on any atom is 0.340 e. The highest BCUT2D eigenvalue weighted by Gasteiger charge is 2.11. The first kappa shape index (κ1) is 14.3. The predicted molar refractivity (Wildman–Crippen MR) is 65.6 cm³/mol. The van der Waals surface area contributed by atoms with E-state index in [1.54, 1.807) is 0 Å². The summed E-state index contributed by atoms with van der Waals surface area (Å²) >= 11 is 11.3. The fourth-order valence-corrected chi connectivity index (χ4v) is 1.51. The Balaban J connectivity index is 3.32. The van der Waals surface area contributed by atoms with Crippen molar-refractivity contribution in [2.75, 3.05) is 7.11 Å². The second-order valence-electron chi connectivity index (χ2n) is 3.00. The highest BCUT2D eigenvalue weighted by atomic mass is 35.5. The molecule has 0 spiro atoms. The van der Waals surface area contributed by atoms with Crippen LogP contribution in [0.1, 0.15) is 5.56 Å². The van der Waals surface area contributed by atoms with E-state index in [-0.39, 0.29) is 21.3 Å². The van der Waals surface area contributed by atoms with E-state index >= 15 is 0 Å². The van der Waals surface area contributed by atoms with E-state index in [0.717, 1.165) is 19.3 Å². The molecule has 0 amide bonds. The third kappa shape index (κ3) is 3.37. The van der Waals surface area contributed by atoms with Crippen molar-refractivity contribution in [1.29, 1.82) is 0 Å². The minimum atomic E-state index is -0.862. The lowest BCUT2D eigenvalue weighted by molar-refractivity contribution is -0.136. The standard InChI is InChI=1S/C10H6Cl2FN3O2/c1-18-10(17)9(15-16-14)3-5-2-8(13)7(12)4-6(5)11/h2-4H,1H3. The molecule has 0 radical (unpaired) electrons. The van der Waals surface area contributed by atoms with Gasteiger partial charge in [0, 0.05) is 9.93 Å². The molecule has 5 nitrogen and oxygen atoms in total. The molecule has 8 heteroatoms. The van der Waals surface area contributed by atoms with Gasteiger partial charge in [-0.1, -0.05) is 28.3 Å². The molecule has 0 aliphatic rings. The van der Waals surface area contributed by atoms with E-state index in [2.05, 4.69) is 14.8 Å². The summed E-state index contributed by atoms with van der Waals surface area (Å²) in [7, 11) is 1.12. The lowest BCUT2D eigenvalue weighted by atomic mass is 10.2. The Morgan fingerprint density at radius 1 is 1.50 bits per heavy atom. The van der Waals surface area contributed by atoms with Crippen LogP contribution in [0.3, 0.4) is 0 Å². The Labute approximate surface area is 111 Å². The second-order valence-corrected chi connectivity index (χ2v) is 3.81. The molecule has 0 aliphatic heterocycles. The van der Waals surface area contributed by atoms with Gasteiger partial charge in [0.1, 0.15) is 11.5 Å². The number of halogens is 3. The van der Waals surface area contributed by atoms with Crippen LogP contribution in [0.2, 0.25) is 10.0 Å². The Bertz CT molecular complexity index is 568. The Kier molecular flexibility index (Phi) is 4.97. The van der Waals surface area contributed by atoms with Gasteiger partial charge in [0.2, 0.25) is 0 Å². The topological polar surface area (TPSA) is 75.1 Å². The van der Waals surface area contributed by atoms with Crippen LogP contribution in [0.4, 0.5) is 4.39 Å². The van der Waals surface area contributed by atoms with E-state index in [4.69, 9.17) is 28.7 Å². The smallest absolute Gasteiger partial charge is 0.340 e. The van der Waals surface area contributed by atoms with Crippen LogP contribution in [0.5, 0.6) is 0 Å². The number of esters is 1. The number of hydrogen-bond acceptors (Lipinski definition) is 3. The number of rotatable bonds is 3. The van der Waals surface area contributed by atoms with Gasteiger partial charge >= 0.3 is 5.97 Å². The predicted octanol–water partition coefficient (Wildman–Crippen LogP) is 3.96. The Hall–Kier alpha value is -1.75. The van der Waals surface area contributed by atoms with Crippen molar-refractivity contribution in [3.05, 3.63) is 49.7 Å². The fourth-order valence-electron chi connectivity index (χ4n) is 1.08. The van der Waals surface area contributed by atoms with Gasteiger partial charge in [-0.15, -0.1) is 0 Å². The molecule has 18 heavy (non-hydrogen) atoms. The van der Waals surface area contributed by atoms with Crippen molar-refractivity contribution >= 4 is 35.2 Å². The van der Waals surface area contributed by atoms with Crippen LogP contribution in [0.15, 0.2) is 22.9 Å².